The normalized spacial score (nSPS) is 12.5. The highest BCUT2D eigenvalue weighted by atomic mass is 16.2. The lowest BCUT2D eigenvalue weighted by Crippen LogP contribution is -2.19. The molecule has 1 aliphatic rings. The molecule has 0 spiro atoms. The Kier molecular flexibility index (Phi) is 3.13. The summed E-state index contributed by atoms with van der Waals surface area (Å²) in [6.07, 6.45) is 0. The second-order valence-corrected chi connectivity index (χ2v) is 4.67. The van der Waals surface area contributed by atoms with Gasteiger partial charge in [0, 0.05) is 12.2 Å². The summed E-state index contributed by atoms with van der Waals surface area (Å²) < 4.78 is 0. The highest BCUT2D eigenvalue weighted by molar-refractivity contribution is 6.21. The zero-order valence-corrected chi connectivity index (χ0v) is 11.0. The maximum absolute atomic E-state index is 11.6. The van der Waals surface area contributed by atoms with Crippen LogP contribution in [0.4, 0.5) is 5.69 Å². The number of carbonyl (C=O) groups excluding carboxylic acids is 2. The van der Waals surface area contributed by atoms with Crippen LogP contribution in [0.1, 0.15) is 31.8 Å². The number of nitrogens with zero attached hydrogens (tertiary/aromatic N) is 1. The number of nitrogens with one attached hydrogen (secondary N) is 2. The van der Waals surface area contributed by atoms with Crippen LogP contribution < -0.4 is 10.6 Å². The number of nitriles is 1. The van der Waals surface area contributed by atoms with Crippen LogP contribution in [0.2, 0.25) is 0 Å². The van der Waals surface area contributed by atoms with Gasteiger partial charge in [-0.25, -0.2) is 0 Å². The van der Waals surface area contributed by atoms with Gasteiger partial charge in [0.1, 0.15) is 0 Å². The molecule has 1 heterocycles. The topological polar surface area (TPSA) is 82.0 Å². The minimum atomic E-state index is -0.379. The third-order valence-electron chi connectivity index (χ3n) is 3.36. The number of hydrogen-bond acceptors (Lipinski definition) is 4. The van der Waals surface area contributed by atoms with E-state index in [1.807, 2.05) is 18.2 Å². The molecule has 5 heteroatoms. The van der Waals surface area contributed by atoms with Crippen molar-refractivity contribution in [2.24, 2.45) is 0 Å². The standard InChI is InChI=1S/C16H11N3O2/c17-8-10-3-1-2-4-11(10)9-18-12-5-6-13-14(7-12)16(21)19-15(13)20/h1-7,18H,9H2,(H,19,20,21). The Balaban J connectivity index is 1.81. The lowest BCUT2D eigenvalue weighted by molar-refractivity contribution is 0.0879. The Morgan fingerprint density at radius 1 is 1.05 bits per heavy atom. The number of fused-ring (bicyclic) bond motifs is 1. The highest BCUT2D eigenvalue weighted by Gasteiger charge is 2.26. The molecule has 0 aliphatic carbocycles. The molecule has 0 atom stereocenters. The first kappa shape index (κ1) is 12.9. The van der Waals surface area contributed by atoms with Gasteiger partial charge in [0.25, 0.3) is 11.8 Å². The quantitative estimate of drug-likeness (QED) is 0.841. The highest BCUT2D eigenvalue weighted by Crippen LogP contribution is 2.21. The van der Waals surface area contributed by atoms with Gasteiger partial charge in [-0.15, -0.1) is 0 Å². The van der Waals surface area contributed by atoms with Crippen LogP contribution in [-0.2, 0) is 6.54 Å². The van der Waals surface area contributed by atoms with Gasteiger partial charge in [0.05, 0.1) is 22.8 Å². The lowest BCUT2D eigenvalue weighted by Gasteiger charge is -2.08. The van der Waals surface area contributed by atoms with Crippen molar-refractivity contribution in [3.8, 4) is 6.07 Å². The molecule has 0 bridgehead atoms. The minimum Gasteiger partial charge on any atom is -0.381 e. The summed E-state index contributed by atoms with van der Waals surface area (Å²) in [4.78, 5) is 23.1. The van der Waals surface area contributed by atoms with Crippen LogP contribution in [0.25, 0.3) is 0 Å². The molecular weight excluding hydrogens is 266 g/mol. The average molecular weight is 277 g/mol. The van der Waals surface area contributed by atoms with Crippen LogP contribution >= 0.6 is 0 Å². The number of carbonyl (C=O) groups is 2. The van der Waals surface area contributed by atoms with Crippen molar-refractivity contribution in [1.82, 2.24) is 5.32 Å². The Hall–Kier alpha value is -3.13. The van der Waals surface area contributed by atoms with Gasteiger partial charge in [0.15, 0.2) is 0 Å². The number of anilines is 1. The molecular formula is C16H11N3O2. The van der Waals surface area contributed by atoms with E-state index in [1.54, 1.807) is 24.3 Å². The van der Waals surface area contributed by atoms with Crippen LogP contribution in [0.5, 0.6) is 0 Å². The molecule has 0 fully saturated rings. The van der Waals surface area contributed by atoms with E-state index in [1.165, 1.54) is 0 Å². The van der Waals surface area contributed by atoms with Crippen molar-refractivity contribution < 1.29 is 9.59 Å². The van der Waals surface area contributed by atoms with Crippen molar-refractivity contribution in [1.29, 1.82) is 5.26 Å². The molecule has 2 N–H and O–H groups in total. The van der Waals surface area contributed by atoms with Crippen LogP contribution in [0, 0.1) is 11.3 Å². The summed E-state index contributed by atoms with van der Waals surface area (Å²) in [5, 5.41) is 14.4. The maximum Gasteiger partial charge on any atom is 0.259 e. The summed E-state index contributed by atoms with van der Waals surface area (Å²) in [6, 6.07) is 14.4. The fourth-order valence-corrected chi connectivity index (χ4v) is 2.26. The van der Waals surface area contributed by atoms with E-state index in [0.717, 1.165) is 11.3 Å². The Morgan fingerprint density at radius 3 is 2.62 bits per heavy atom. The van der Waals surface area contributed by atoms with Gasteiger partial charge in [0.2, 0.25) is 0 Å². The van der Waals surface area contributed by atoms with Crippen molar-refractivity contribution in [3.63, 3.8) is 0 Å². The third-order valence-corrected chi connectivity index (χ3v) is 3.36. The third kappa shape index (κ3) is 2.35. The number of hydrogen-bond donors (Lipinski definition) is 2. The summed E-state index contributed by atoms with van der Waals surface area (Å²) in [6.45, 7) is 0.470. The first-order valence-electron chi connectivity index (χ1n) is 6.40. The molecule has 5 nitrogen and oxygen atoms in total. The Morgan fingerprint density at radius 2 is 1.81 bits per heavy atom. The van der Waals surface area contributed by atoms with E-state index in [0.29, 0.717) is 23.2 Å². The fourth-order valence-electron chi connectivity index (χ4n) is 2.26. The van der Waals surface area contributed by atoms with Crippen molar-refractivity contribution in [3.05, 3.63) is 64.7 Å². The fraction of sp³-hybridized carbons (Fsp3) is 0.0625. The van der Waals surface area contributed by atoms with Crippen LogP contribution in [-0.4, -0.2) is 11.8 Å². The zero-order valence-electron chi connectivity index (χ0n) is 11.0. The number of imide groups is 1. The Labute approximate surface area is 121 Å². The van der Waals surface area contributed by atoms with Gasteiger partial charge in [-0.3, -0.25) is 14.9 Å². The predicted octanol–water partition coefficient (Wildman–Crippen LogP) is 2.05. The van der Waals surface area contributed by atoms with Crippen LogP contribution in [0.3, 0.4) is 0 Å². The number of rotatable bonds is 3. The minimum absolute atomic E-state index is 0.364. The summed E-state index contributed by atoms with van der Waals surface area (Å²) >= 11 is 0. The molecule has 1 aliphatic heterocycles. The zero-order chi connectivity index (χ0) is 14.8. The van der Waals surface area contributed by atoms with Gasteiger partial charge in [-0.05, 0) is 29.8 Å². The predicted molar refractivity (Wildman–Crippen MR) is 76.7 cm³/mol. The first-order valence-corrected chi connectivity index (χ1v) is 6.40. The van der Waals surface area contributed by atoms with E-state index < -0.39 is 0 Å². The van der Waals surface area contributed by atoms with Gasteiger partial charge >= 0.3 is 0 Å². The van der Waals surface area contributed by atoms with Gasteiger partial charge in [-0.1, -0.05) is 18.2 Å². The van der Waals surface area contributed by atoms with Gasteiger partial charge < -0.3 is 5.32 Å². The van der Waals surface area contributed by atoms with E-state index in [4.69, 9.17) is 5.26 Å². The van der Waals surface area contributed by atoms with E-state index in [2.05, 4.69) is 16.7 Å². The second-order valence-electron chi connectivity index (χ2n) is 4.67. The smallest absolute Gasteiger partial charge is 0.259 e. The second kappa shape index (κ2) is 5.10. The lowest BCUT2D eigenvalue weighted by atomic mass is 10.1. The average Bonchev–Trinajstić information content (AvgIpc) is 2.80. The Bertz CT molecular complexity index is 790. The molecule has 0 radical (unpaired) electrons. The molecule has 0 saturated heterocycles. The molecule has 2 amide bonds. The monoisotopic (exact) mass is 277 g/mol. The largest absolute Gasteiger partial charge is 0.381 e. The first-order chi connectivity index (χ1) is 10.2. The van der Waals surface area contributed by atoms with Gasteiger partial charge in [-0.2, -0.15) is 5.26 Å². The van der Waals surface area contributed by atoms with Crippen molar-refractivity contribution >= 4 is 17.5 Å². The number of benzene rings is 2. The summed E-state index contributed by atoms with van der Waals surface area (Å²) in [5.74, 6) is -0.743. The molecule has 0 aromatic heterocycles. The van der Waals surface area contributed by atoms with E-state index in [-0.39, 0.29) is 11.8 Å². The summed E-state index contributed by atoms with van der Waals surface area (Å²) in [7, 11) is 0. The molecule has 21 heavy (non-hydrogen) atoms. The molecule has 2 aromatic rings. The van der Waals surface area contributed by atoms with Crippen molar-refractivity contribution in [2.45, 2.75) is 6.54 Å². The van der Waals surface area contributed by atoms with E-state index in [9.17, 15) is 9.59 Å². The molecule has 0 saturated carbocycles. The molecule has 3 rings (SSSR count). The SMILES string of the molecule is N#Cc1ccccc1CNc1ccc2c(c1)C(=O)NC2=O. The molecule has 0 unspecified atom stereocenters. The summed E-state index contributed by atoms with van der Waals surface area (Å²) in [5.41, 5.74) is 2.98. The van der Waals surface area contributed by atoms with E-state index >= 15 is 0 Å². The molecule has 2 aromatic carbocycles. The molecule has 102 valence electrons. The van der Waals surface area contributed by atoms with Crippen LogP contribution in [0.15, 0.2) is 42.5 Å². The number of amides is 2. The maximum atomic E-state index is 11.6. The van der Waals surface area contributed by atoms with Crippen molar-refractivity contribution in [2.75, 3.05) is 5.32 Å².